The average Bonchev–Trinajstić information content (AvgIpc) is 2.29. The molecule has 0 aliphatic carbocycles. The number of carbonyl (C=O) groups is 2. The molecule has 18 heavy (non-hydrogen) atoms. The zero-order valence-corrected chi connectivity index (χ0v) is 10.6. The van der Waals surface area contributed by atoms with Gasteiger partial charge in [0, 0.05) is 12.4 Å². The number of hydrogen-bond acceptors (Lipinski definition) is 3. The molecule has 0 spiro atoms. The van der Waals surface area contributed by atoms with Crippen LogP contribution in [0.25, 0.3) is 0 Å². The van der Waals surface area contributed by atoms with Crippen LogP contribution in [0.15, 0.2) is 24.5 Å². The summed E-state index contributed by atoms with van der Waals surface area (Å²) in [6, 6.07) is 2.82. The summed E-state index contributed by atoms with van der Waals surface area (Å²) in [6.07, 6.45) is 3.26. The number of carbonyl (C=O) groups excluding carboxylic acids is 1. The maximum atomic E-state index is 11.6. The van der Waals surface area contributed by atoms with E-state index in [-0.39, 0.29) is 6.04 Å². The number of carboxylic acids is 1. The van der Waals surface area contributed by atoms with Crippen molar-refractivity contribution < 1.29 is 14.7 Å². The molecule has 1 unspecified atom stereocenters. The summed E-state index contributed by atoms with van der Waals surface area (Å²) in [5, 5.41) is 13.9. The van der Waals surface area contributed by atoms with Crippen LogP contribution in [0, 0.1) is 0 Å². The molecular formula is C12H17N3O3. The molecule has 6 nitrogen and oxygen atoms in total. The lowest BCUT2D eigenvalue weighted by Crippen LogP contribution is -2.53. The third-order valence-corrected chi connectivity index (χ3v) is 2.51. The smallest absolute Gasteiger partial charge is 0.328 e. The molecule has 1 rings (SSSR count). The van der Waals surface area contributed by atoms with Crippen molar-refractivity contribution in [1.29, 1.82) is 0 Å². The van der Waals surface area contributed by atoms with Gasteiger partial charge in [0.2, 0.25) is 0 Å². The SMILES string of the molecule is CC(NC(=O)NC(C)(C)C(=O)O)c1ccncc1. The Bertz CT molecular complexity index is 431. The second-order valence-electron chi connectivity index (χ2n) is 4.53. The lowest BCUT2D eigenvalue weighted by molar-refractivity contribution is -0.142. The molecule has 98 valence electrons. The molecule has 6 heteroatoms. The Morgan fingerprint density at radius 2 is 1.89 bits per heavy atom. The van der Waals surface area contributed by atoms with E-state index in [1.165, 1.54) is 13.8 Å². The highest BCUT2D eigenvalue weighted by molar-refractivity contribution is 5.85. The van der Waals surface area contributed by atoms with Crippen LogP contribution in [0.3, 0.4) is 0 Å². The van der Waals surface area contributed by atoms with Crippen molar-refractivity contribution in [3.05, 3.63) is 30.1 Å². The largest absolute Gasteiger partial charge is 0.480 e. The van der Waals surface area contributed by atoms with E-state index in [1.807, 2.05) is 6.92 Å². The number of aromatic nitrogens is 1. The Hall–Kier alpha value is -2.11. The zero-order chi connectivity index (χ0) is 13.8. The lowest BCUT2D eigenvalue weighted by atomic mass is 10.1. The predicted molar refractivity (Wildman–Crippen MR) is 66.0 cm³/mol. The number of rotatable bonds is 4. The minimum atomic E-state index is -1.30. The van der Waals surface area contributed by atoms with Crippen LogP contribution in [0.4, 0.5) is 4.79 Å². The maximum Gasteiger partial charge on any atom is 0.328 e. The molecule has 0 saturated heterocycles. The van der Waals surface area contributed by atoms with Crippen molar-refractivity contribution in [3.8, 4) is 0 Å². The number of aliphatic carboxylic acids is 1. The molecule has 3 N–H and O–H groups in total. The van der Waals surface area contributed by atoms with E-state index in [1.54, 1.807) is 24.5 Å². The minimum Gasteiger partial charge on any atom is -0.480 e. The topological polar surface area (TPSA) is 91.3 Å². The fourth-order valence-electron chi connectivity index (χ4n) is 1.31. The van der Waals surface area contributed by atoms with Crippen molar-refractivity contribution in [3.63, 3.8) is 0 Å². The number of nitrogens with one attached hydrogen (secondary N) is 2. The van der Waals surface area contributed by atoms with E-state index >= 15 is 0 Å². The Kier molecular flexibility index (Phi) is 4.25. The molecule has 0 saturated carbocycles. The Labute approximate surface area is 105 Å². The highest BCUT2D eigenvalue weighted by Gasteiger charge is 2.29. The van der Waals surface area contributed by atoms with Crippen molar-refractivity contribution >= 4 is 12.0 Å². The first kappa shape index (κ1) is 14.0. The van der Waals surface area contributed by atoms with Gasteiger partial charge in [0.1, 0.15) is 5.54 Å². The standard InChI is InChI=1S/C12H17N3O3/c1-8(9-4-6-13-7-5-9)14-11(18)15-12(2,3)10(16)17/h4-8H,1-3H3,(H,16,17)(H2,14,15,18). The first-order valence-corrected chi connectivity index (χ1v) is 5.55. The summed E-state index contributed by atoms with van der Waals surface area (Å²) in [6.45, 7) is 4.65. The van der Waals surface area contributed by atoms with Crippen LogP contribution in [-0.2, 0) is 4.79 Å². The molecule has 0 aliphatic heterocycles. The second-order valence-corrected chi connectivity index (χ2v) is 4.53. The van der Waals surface area contributed by atoms with Crippen molar-refractivity contribution in [2.75, 3.05) is 0 Å². The number of hydrogen-bond donors (Lipinski definition) is 3. The molecule has 1 aromatic heterocycles. The normalized spacial score (nSPS) is 12.6. The Morgan fingerprint density at radius 3 is 2.39 bits per heavy atom. The van der Waals surface area contributed by atoms with E-state index in [0.717, 1.165) is 5.56 Å². The number of pyridine rings is 1. The molecule has 0 aliphatic rings. The molecule has 1 atom stereocenters. The molecule has 0 fully saturated rings. The Morgan fingerprint density at radius 1 is 1.33 bits per heavy atom. The fraction of sp³-hybridized carbons (Fsp3) is 0.417. The second kappa shape index (κ2) is 5.48. The van der Waals surface area contributed by atoms with Gasteiger partial charge < -0.3 is 15.7 Å². The summed E-state index contributed by atoms with van der Waals surface area (Å²) >= 11 is 0. The quantitative estimate of drug-likeness (QED) is 0.752. The number of nitrogens with zero attached hydrogens (tertiary/aromatic N) is 1. The Balaban J connectivity index is 2.58. The third-order valence-electron chi connectivity index (χ3n) is 2.51. The number of amides is 2. The maximum absolute atomic E-state index is 11.6. The molecule has 1 aromatic rings. The van der Waals surface area contributed by atoms with Crippen LogP contribution in [0.1, 0.15) is 32.4 Å². The van der Waals surface area contributed by atoms with Crippen LogP contribution in [0.2, 0.25) is 0 Å². The summed E-state index contributed by atoms with van der Waals surface area (Å²) in [5.74, 6) is -1.09. The van der Waals surface area contributed by atoms with E-state index in [2.05, 4.69) is 15.6 Å². The van der Waals surface area contributed by atoms with E-state index in [4.69, 9.17) is 5.11 Å². The van der Waals surface area contributed by atoms with Crippen LogP contribution in [-0.4, -0.2) is 27.6 Å². The lowest BCUT2D eigenvalue weighted by Gasteiger charge is -2.23. The van der Waals surface area contributed by atoms with Gasteiger partial charge in [-0.2, -0.15) is 0 Å². The van der Waals surface area contributed by atoms with Crippen molar-refractivity contribution in [2.24, 2.45) is 0 Å². The van der Waals surface area contributed by atoms with Crippen molar-refractivity contribution in [2.45, 2.75) is 32.4 Å². The first-order valence-electron chi connectivity index (χ1n) is 5.55. The number of carboxylic acid groups (broad SMARTS) is 1. The molecule has 0 aromatic carbocycles. The summed E-state index contributed by atoms with van der Waals surface area (Å²) < 4.78 is 0. The highest BCUT2D eigenvalue weighted by Crippen LogP contribution is 2.10. The van der Waals surface area contributed by atoms with Crippen molar-refractivity contribution in [1.82, 2.24) is 15.6 Å². The van der Waals surface area contributed by atoms with Gasteiger partial charge in [-0.25, -0.2) is 9.59 Å². The average molecular weight is 251 g/mol. The number of urea groups is 1. The van der Waals surface area contributed by atoms with Crippen LogP contribution >= 0.6 is 0 Å². The molecular weight excluding hydrogens is 234 g/mol. The van der Waals surface area contributed by atoms with E-state index in [0.29, 0.717) is 0 Å². The van der Waals surface area contributed by atoms with Gasteiger partial charge in [0.25, 0.3) is 0 Å². The van der Waals surface area contributed by atoms with Gasteiger partial charge in [-0.1, -0.05) is 0 Å². The summed E-state index contributed by atoms with van der Waals surface area (Å²) in [7, 11) is 0. The van der Waals surface area contributed by atoms with Gasteiger partial charge in [-0.05, 0) is 38.5 Å². The highest BCUT2D eigenvalue weighted by atomic mass is 16.4. The molecule has 0 radical (unpaired) electrons. The third kappa shape index (κ3) is 3.73. The van der Waals surface area contributed by atoms with Gasteiger partial charge in [0.15, 0.2) is 0 Å². The predicted octanol–water partition coefficient (Wildman–Crippen LogP) is 1.30. The minimum absolute atomic E-state index is 0.224. The zero-order valence-electron chi connectivity index (χ0n) is 10.6. The first-order chi connectivity index (χ1) is 8.33. The molecule has 2 amide bonds. The van der Waals surface area contributed by atoms with E-state index in [9.17, 15) is 9.59 Å². The van der Waals surface area contributed by atoms with Crippen LogP contribution < -0.4 is 10.6 Å². The summed E-state index contributed by atoms with van der Waals surface area (Å²) in [5.41, 5.74) is -0.407. The van der Waals surface area contributed by atoms with E-state index < -0.39 is 17.5 Å². The summed E-state index contributed by atoms with van der Waals surface area (Å²) in [4.78, 5) is 26.4. The van der Waals surface area contributed by atoms with Gasteiger partial charge in [-0.15, -0.1) is 0 Å². The fourth-order valence-corrected chi connectivity index (χ4v) is 1.31. The van der Waals surface area contributed by atoms with Gasteiger partial charge in [-0.3, -0.25) is 4.98 Å². The van der Waals surface area contributed by atoms with Gasteiger partial charge in [0.05, 0.1) is 6.04 Å². The monoisotopic (exact) mass is 251 g/mol. The molecule has 0 bridgehead atoms. The molecule has 1 heterocycles. The van der Waals surface area contributed by atoms with Crippen LogP contribution in [0.5, 0.6) is 0 Å². The van der Waals surface area contributed by atoms with Gasteiger partial charge >= 0.3 is 12.0 Å².